The van der Waals surface area contributed by atoms with Crippen LogP contribution in [-0.4, -0.2) is 38.5 Å². The fraction of sp³-hybridized carbons (Fsp3) is 0.417. The maximum absolute atomic E-state index is 12.1. The van der Waals surface area contributed by atoms with E-state index in [0.717, 1.165) is 0 Å². The topological polar surface area (TPSA) is 80.7 Å². The molecule has 6 heteroatoms. The zero-order valence-corrected chi connectivity index (χ0v) is 11.1. The lowest BCUT2D eigenvalue weighted by molar-refractivity contribution is 0.0697. The lowest BCUT2D eigenvalue weighted by Crippen LogP contribution is -2.19. The van der Waals surface area contributed by atoms with Gasteiger partial charge in [-0.2, -0.15) is 0 Å². The van der Waals surface area contributed by atoms with Gasteiger partial charge in [-0.05, 0) is 37.6 Å². The molecule has 0 aliphatic heterocycles. The quantitative estimate of drug-likeness (QED) is 0.850. The number of hydrogen-bond acceptors (Lipinski definition) is 4. The molecule has 0 aromatic heterocycles. The van der Waals surface area contributed by atoms with Gasteiger partial charge in [0.05, 0.1) is 15.7 Å². The molecule has 100 valence electrons. The van der Waals surface area contributed by atoms with Crippen molar-refractivity contribution in [3.63, 3.8) is 0 Å². The van der Waals surface area contributed by atoms with Crippen molar-refractivity contribution < 1.29 is 23.1 Å². The van der Waals surface area contributed by atoms with Crippen LogP contribution in [0.2, 0.25) is 0 Å². The highest BCUT2D eigenvalue weighted by atomic mass is 32.2. The minimum absolute atomic E-state index is 0.0681. The Hall–Kier alpha value is -1.40. The fourth-order valence-corrected chi connectivity index (χ4v) is 2.85. The van der Waals surface area contributed by atoms with E-state index in [0.29, 0.717) is 13.0 Å². The lowest BCUT2D eigenvalue weighted by Gasteiger charge is -2.12. The molecule has 0 radical (unpaired) electrons. The van der Waals surface area contributed by atoms with Crippen molar-refractivity contribution >= 4 is 15.8 Å². The summed E-state index contributed by atoms with van der Waals surface area (Å²) in [7, 11) is -1.91. The maximum atomic E-state index is 12.1. The molecule has 0 heterocycles. The van der Waals surface area contributed by atoms with Crippen LogP contribution in [0.15, 0.2) is 29.2 Å². The van der Waals surface area contributed by atoms with Gasteiger partial charge in [0.25, 0.3) is 0 Å². The molecule has 1 N–H and O–H groups in total. The molecular weight excluding hydrogens is 256 g/mol. The van der Waals surface area contributed by atoms with E-state index in [-0.39, 0.29) is 10.5 Å². The summed E-state index contributed by atoms with van der Waals surface area (Å²) in [6, 6.07) is 5.22. The lowest BCUT2D eigenvalue weighted by atomic mass is 10.2. The van der Waals surface area contributed by atoms with E-state index in [9.17, 15) is 13.2 Å². The standard InChI is InChI=1S/C12H16O5S/c1-9(7-8-17-2)18(15,16)11-5-3-10(4-6-11)12(13)14/h3-6,9H,7-8H2,1-2H3,(H,13,14). The number of sulfone groups is 1. The number of carbonyl (C=O) groups is 1. The number of ether oxygens (including phenoxy) is 1. The molecule has 0 aliphatic rings. The first-order valence-corrected chi connectivity index (χ1v) is 7.00. The molecule has 5 nitrogen and oxygen atoms in total. The van der Waals surface area contributed by atoms with Gasteiger partial charge in [-0.3, -0.25) is 0 Å². The van der Waals surface area contributed by atoms with Gasteiger partial charge >= 0.3 is 5.97 Å². The summed E-state index contributed by atoms with van der Waals surface area (Å²) in [6.07, 6.45) is 0.402. The minimum Gasteiger partial charge on any atom is -0.478 e. The zero-order valence-electron chi connectivity index (χ0n) is 10.3. The van der Waals surface area contributed by atoms with E-state index in [2.05, 4.69) is 0 Å². The molecule has 1 unspecified atom stereocenters. The molecule has 1 aromatic carbocycles. The molecular formula is C12H16O5S. The van der Waals surface area contributed by atoms with Crippen LogP contribution in [-0.2, 0) is 14.6 Å². The Morgan fingerprint density at radius 1 is 1.33 bits per heavy atom. The molecule has 1 atom stereocenters. The molecule has 0 fully saturated rings. The van der Waals surface area contributed by atoms with Gasteiger partial charge in [-0.1, -0.05) is 0 Å². The third-order valence-corrected chi connectivity index (χ3v) is 4.91. The van der Waals surface area contributed by atoms with Crippen LogP contribution >= 0.6 is 0 Å². The summed E-state index contributed by atoms with van der Waals surface area (Å²) in [6.45, 7) is 1.98. The normalized spacial score (nSPS) is 13.2. The number of methoxy groups -OCH3 is 1. The summed E-state index contributed by atoms with van der Waals surface area (Å²) in [4.78, 5) is 10.8. The second-order valence-corrected chi connectivity index (χ2v) is 6.33. The van der Waals surface area contributed by atoms with Crippen LogP contribution in [0.4, 0.5) is 0 Å². The SMILES string of the molecule is COCCC(C)S(=O)(=O)c1ccc(C(=O)O)cc1. The summed E-state index contributed by atoms with van der Waals surface area (Å²) in [5.41, 5.74) is 0.0681. The molecule has 1 aromatic rings. The van der Waals surface area contributed by atoms with Crippen molar-refractivity contribution in [3.05, 3.63) is 29.8 Å². The number of carboxylic acid groups (broad SMARTS) is 1. The van der Waals surface area contributed by atoms with E-state index >= 15 is 0 Å². The number of aromatic carboxylic acids is 1. The Morgan fingerprint density at radius 2 is 1.89 bits per heavy atom. The fourth-order valence-electron chi connectivity index (χ4n) is 1.46. The van der Waals surface area contributed by atoms with Crippen molar-refractivity contribution in [2.75, 3.05) is 13.7 Å². The Kier molecular flexibility index (Phi) is 4.86. The van der Waals surface area contributed by atoms with Crippen molar-refractivity contribution in [2.24, 2.45) is 0 Å². The van der Waals surface area contributed by atoms with Crippen LogP contribution in [0.3, 0.4) is 0 Å². The molecule has 0 saturated heterocycles. The number of carboxylic acids is 1. The summed E-state index contributed by atoms with van der Waals surface area (Å²) >= 11 is 0. The highest BCUT2D eigenvalue weighted by molar-refractivity contribution is 7.92. The van der Waals surface area contributed by atoms with Crippen LogP contribution in [0, 0.1) is 0 Å². The molecule has 18 heavy (non-hydrogen) atoms. The number of rotatable bonds is 6. The monoisotopic (exact) mass is 272 g/mol. The van der Waals surface area contributed by atoms with Gasteiger partial charge in [0.2, 0.25) is 0 Å². The first-order chi connectivity index (χ1) is 8.39. The van der Waals surface area contributed by atoms with Gasteiger partial charge in [-0.15, -0.1) is 0 Å². The Balaban J connectivity index is 2.94. The predicted octanol–water partition coefficient (Wildman–Crippen LogP) is 1.58. The second-order valence-electron chi connectivity index (χ2n) is 3.97. The smallest absolute Gasteiger partial charge is 0.335 e. The third-order valence-electron chi connectivity index (χ3n) is 2.69. The Morgan fingerprint density at radius 3 is 2.33 bits per heavy atom. The van der Waals surface area contributed by atoms with Crippen molar-refractivity contribution in [2.45, 2.75) is 23.5 Å². The van der Waals surface area contributed by atoms with Gasteiger partial charge in [0, 0.05) is 13.7 Å². The van der Waals surface area contributed by atoms with Gasteiger partial charge in [0.1, 0.15) is 0 Å². The predicted molar refractivity (Wildman–Crippen MR) is 66.5 cm³/mol. The maximum Gasteiger partial charge on any atom is 0.335 e. The highest BCUT2D eigenvalue weighted by Gasteiger charge is 2.23. The van der Waals surface area contributed by atoms with Gasteiger partial charge < -0.3 is 9.84 Å². The Labute approximate surface area is 106 Å². The van der Waals surface area contributed by atoms with E-state index in [1.165, 1.54) is 31.4 Å². The van der Waals surface area contributed by atoms with Crippen LogP contribution in [0.5, 0.6) is 0 Å². The highest BCUT2D eigenvalue weighted by Crippen LogP contribution is 2.18. The van der Waals surface area contributed by atoms with Crippen LogP contribution in [0.25, 0.3) is 0 Å². The number of hydrogen-bond donors (Lipinski definition) is 1. The average molecular weight is 272 g/mol. The largest absolute Gasteiger partial charge is 0.478 e. The van der Waals surface area contributed by atoms with Crippen LogP contribution < -0.4 is 0 Å². The van der Waals surface area contributed by atoms with Crippen molar-refractivity contribution in [3.8, 4) is 0 Å². The van der Waals surface area contributed by atoms with Crippen molar-refractivity contribution in [1.29, 1.82) is 0 Å². The molecule has 1 rings (SSSR count). The number of benzene rings is 1. The summed E-state index contributed by atoms with van der Waals surface area (Å²) < 4.78 is 29.1. The van der Waals surface area contributed by atoms with E-state index in [4.69, 9.17) is 9.84 Å². The third kappa shape index (κ3) is 3.30. The second kappa shape index (κ2) is 5.97. The van der Waals surface area contributed by atoms with E-state index in [1.807, 2.05) is 0 Å². The van der Waals surface area contributed by atoms with Gasteiger partial charge in [0.15, 0.2) is 9.84 Å². The minimum atomic E-state index is -3.43. The molecule has 0 spiro atoms. The molecule has 0 aliphatic carbocycles. The average Bonchev–Trinajstić information content (AvgIpc) is 2.35. The molecule has 0 amide bonds. The van der Waals surface area contributed by atoms with E-state index < -0.39 is 21.1 Å². The first-order valence-electron chi connectivity index (χ1n) is 5.45. The van der Waals surface area contributed by atoms with E-state index in [1.54, 1.807) is 6.92 Å². The zero-order chi connectivity index (χ0) is 13.8. The molecule has 0 saturated carbocycles. The Bertz CT molecular complexity index is 504. The van der Waals surface area contributed by atoms with Crippen molar-refractivity contribution in [1.82, 2.24) is 0 Å². The molecule has 0 bridgehead atoms. The van der Waals surface area contributed by atoms with Gasteiger partial charge in [-0.25, -0.2) is 13.2 Å². The summed E-state index contributed by atoms with van der Waals surface area (Å²) in [5.74, 6) is -1.08. The van der Waals surface area contributed by atoms with Crippen LogP contribution in [0.1, 0.15) is 23.7 Å². The summed E-state index contributed by atoms with van der Waals surface area (Å²) in [5, 5.41) is 8.18. The first kappa shape index (κ1) is 14.7.